The van der Waals surface area contributed by atoms with Gasteiger partial charge < -0.3 is 15.2 Å². The Morgan fingerprint density at radius 1 is 1.07 bits per heavy atom. The molecule has 6 heteroatoms. The standard InChI is InChI=1S/C24H22ClNO4/c1-15-20(23(27)28)22(18-11-6-12-19(25)14-18)21(16(2)26-15)24(29)30-13-7-10-17-8-4-3-5-9-17/h3-12,14,22,26H,13H2,1-2H3,(H,27,28)/b10-7+. The van der Waals surface area contributed by atoms with Crippen LogP contribution in [-0.4, -0.2) is 23.7 Å². The Hall–Kier alpha value is -3.31. The first-order valence-electron chi connectivity index (χ1n) is 9.44. The molecule has 1 heterocycles. The molecule has 0 spiro atoms. The Morgan fingerprint density at radius 2 is 1.77 bits per heavy atom. The van der Waals surface area contributed by atoms with Crippen LogP contribution >= 0.6 is 11.6 Å². The normalized spacial score (nSPS) is 16.6. The zero-order valence-electron chi connectivity index (χ0n) is 16.7. The second-order valence-corrected chi connectivity index (χ2v) is 7.34. The summed E-state index contributed by atoms with van der Waals surface area (Å²) >= 11 is 6.13. The summed E-state index contributed by atoms with van der Waals surface area (Å²) in [6.45, 7) is 3.48. The van der Waals surface area contributed by atoms with Crippen molar-refractivity contribution in [3.05, 3.63) is 99.4 Å². The van der Waals surface area contributed by atoms with Crippen molar-refractivity contribution in [3.63, 3.8) is 0 Å². The number of carboxylic acid groups (broad SMARTS) is 1. The maximum absolute atomic E-state index is 13.0. The van der Waals surface area contributed by atoms with E-state index in [0.717, 1.165) is 5.56 Å². The van der Waals surface area contributed by atoms with E-state index in [1.165, 1.54) is 0 Å². The number of esters is 1. The average Bonchev–Trinajstić information content (AvgIpc) is 2.71. The van der Waals surface area contributed by atoms with Gasteiger partial charge in [-0.1, -0.05) is 60.1 Å². The number of benzene rings is 2. The molecule has 30 heavy (non-hydrogen) atoms. The fraction of sp³-hybridized carbons (Fsp3) is 0.167. The summed E-state index contributed by atoms with van der Waals surface area (Å²) in [6.07, 6.45) is 3.60. The molecule has 0 radical (unpaired) electrons. The minimum Gasteiger partial charge on any atom is -0.478 e. The first kappa shape index (κ1) is 21.4. The summed E-state index contributed by atoms with van der Waals surface area (Å²) in [5.74, 6) is -2.46. The number of hydrogen-bond donors (Lipinski definition) is 2. The predicted molar refractivity (Wildman–Crippen MR) is 117 cm³/mol. The van der Waals surface area contributed by atoms with Crippen LogP contribution in [0.1, 0.15) is 30.9 Å². The molecule has 0 amide bonds. The van der Waals surface area contributed by atoms with Gasteiger partial charge in [0, 0.05) is 16.4 Å². The average molecular weight is 424 g/mol. The molecule has 0 saturated carbocycles. The summed E-state index contributed by atoms with van der Waals surface area (Å²) in [7, 11) is 0. The number of hydrogen-bond acceptors (Lipinski definition) is 4. The van der Waals surface area contributed by atoms with Crippen LogP contribution in [-0.2, 0) is 14.3 Å². The number of halogens is 1. The first-order chi connectivity index (χ1) is 14.4. The molecule has 2 aromatic rings. The van der Waals surface area contributed by atoms with Gasteiger partial charge in [0.05, 0.1) is 17.1 Å². The van der Waals surface area contributed by atoms with E-state index in [1.807, 2.05) is 36.4 Å². The molecule has 0 fully saturated rings. The zero-order chi connectivity index (χ0) is 21.7. The number of allylic oxidation sites excluding steroid dienone is 2. The van der Waals surface area contributed by atoms with Crippen LogP contribution in [0.2, 0.25) is 5.02 Å². The molecule has 0 saturated heterocycles. The molecular weight excluding hydrogens is 402 g/mol. The third-order valence-corrected chi connectivity index (χ3v) is 5.05. The number of nitrogens with one attached hydrogen (secondary N) is 1. The number of carbonyl (C=O) groups excluding carboxylic acids is 1. The van der Waals surface area contributed by atoms with Gasteiger partial charge in [-0.2, -0.15) is 0 Å². The number of aliphatic carboxylic acids is 1. The molecule has 1 atom stereocenters. The van der Waals surface area contributed by atoms with Crippen molar-refractivity contribution in [1.82, 2.24) is 5.32 Å². The predicted octanol–water partition coefficient (Wildman–Crippen LogP) is 4.92. The largest absolute Gasteiger partial charge is 0.478 e. The van der Waals surface area contributed by atoms with Crippen LogP contribution in [0.15, 0.2) is 83.2 Å². The van der Waals surface area contributed by atoms with Gasteiger partial charge in [-0.25, -0.2) is 9.59 Å². The highest BCUT2D eigenvalue weighted by Gasteiger charge is 2.37. The van der Waals surface area contributed by atoms with E-state index < -0.39 is 17.9 Å². The lowest BCUT2D eigenvalue weighted by atomic mass is 9.80. The van der Waals surface area contributed by atoms with Gasteiger partial charge in [0.25, 0.3) is 0 Å². The Balaban J connectivity index is 1.88. The zero-order valence-corrected chi connectivity index (χ0v) is 17.4. The number of carbonyl (C=O) groups is 2. The van der Waals surface area contributed by atoms with Crippen molar-refractivity contribution in [2.45, 2.75) is 19.8 Å². The highest BCUT2D eigenvalue weighted by atomic mass is 35.5. The summed E-state index contributed by atoms with van der Waals surface area (Å²) in [6, 6.07) is 16.5. The van der Waals surface area contributed by atoms with Crippen LogP contribution in [0.3, 0.4) is 0 Å². The highest BCUT2D eigenvalue weighted by molar-refractivity contribution is 6.30. The van der Waals surface area contributed by atoms with Crippen molar-refractivity contribution < 1.29 is 19.4 Å². The maximum Gasteiger partial charge on any atom is 0.337 e. The van der Waals surface area contributed by atoms with E-state index >= 15 is 0 Å². The summed E-state index contributed by atoms with van der Waals surface area (Å²) < 4.78 is 5.45. The molecule has 0 aliphatic carbocycles. The fourth-order valence-corrected chi connectivity index (χ4v) is 3.72. The fourth-order valence-electron chi connectivity index (χ4n) is 3.52. The Morgan fingerprint density at radius 3 is 2.43 bits per heavy atom. The molecule has 0 aromatic heterocycles. The first-order valence-corrected chi connectivity index (χ1v) is 9.82. The number of rotatable bonds is 6. The van der Waals surface area contributed by atoms with E-state index in [1.54, 1.807) is 44.2 Å². The van der Waals surface area contributed by atoms with Crippen LogP contribution < -0.4 is 5.32 Å². The van der Waals surface area contributed by atoms with E-state index in [0.29, 0.717) is 22.0 Å². The Bertz CT molecular complexity index is 1050. The Labute approximate surface area is 180 Å². The van der Waals surface area contributed by atoms with Crippen molar-refractivity contribution in [2.75, 3.05) is 6.61 Å². The lowest BCUT2D eigenvalue weighted by molar-refractivity contribution is -0.138. The topological polar surface area (TPSA) is 75.6 Å². The number of dihydropyridines is 1. The molecule has 2 aromatic carbocycles. The van der Waals surface area contributed by atoms with Crippen molar-refractivity contribution in [3.8, 4) is 0 Å². The van der Waals surface area contributed by atoms with Crippen molar-refractivity contribution in [2.24, 2.45) is 0 Å². The lowest BCUT2D eigenvalue weighted by Gasteiger charge is -2.29. The monoisotopic (exact) mass is 423 g/mol. The minimum atomic E-state index is -1.10. The number of carboxylic acids is 1. The molecule has 1 aliphatic rings. The summed E-state index contributed by atoms with van der Waals surface area (Å²) in [5, 5.41) is 13.3. The van der Waals surface area contributed by atoms with Crippen LogP contribution in [0.25, 0.3) is 6.08 Å². The quantitative estimate of drug-likeness (QED) is 0.645. The van der Waals surface area contributed by atoms with Crippen LogP contribution in [0.4, 0.5) is 0 Å². The molecular formula is C24H22ClNO4. The molecule has 1 unspecified atom stereocenters. The molecule has 0 bridgehead atoms. The van der Waals surface area contributed by atoms with E-state index in [4.69, 9.17) is 16.3 Å². The summed E-state index contributed by atoms with van der Waals surface area (Å²) in [5.41, 5.74) is 2.99. The molecule has 3 rings (SSSR count). The van der Waals surface area contributed by atoms with Crippen molar-refractivity contribution in [1.29, 1.82) is 0 Å². The van der Waals surface area contributed by atoms with Crippen molar-refractivity contribution >= 4 is 29.6 Å². The van der Waals surface area contributed by atoms with Gasteiger partial charge in [-0.15, -0.1) is 0 Å². The molecule has 154 valence electrons. The van der Waals surface area contributed by atoms with E-state index in [9.17, 15) is 14.7 Å². The summed E-state index contributed by atoms with van der Waals surface area (Å²) in [4.78, 5) is 25.0. The van der Waals surface area contributed by atoms with E-state index in [2.05, 4.69) is 5.32 Å². The van der Waals surface area contributed by atoms with Crippen LogP contribution in [0, 0.1) is 0 Å². The lowest BCUT2D eigenvalue weighted by Crippen LogP contribution is -2.31. The second kappa shape index (κ2) is 9.46. The van der Waals surface area contributed by atoms with Gasteiger partial charge in [0.15, 0.2) is 0 Å². The Kier molecular flexibility index (Phi) is 6.75. The minimum absolute atomic E-state index is 0.0673. The maximum atomic E-state index is 13.0. The van der Waals surface area contributed by atoms with Gasteiger partial charge in [0.1, 0.15) is 6.61 Å². The smallest absolute Gasteiger partial charge is 0.337 e. The number of ether oxygens (including phenoxy) is 1. The molecule has 1 aliphatic heterocycles. The molecule has 2 N–H and O–H groups in total. The SMILES string of the molecule is CC1=C(C(=O)O)C(c2cccc(Cl)c2)C(C(=O)OC/C=C/c2ccccc2)=C(C)N1. The highest BCUT2D eigenvalue weighted by Crippen LogP contribution is 2.39. The third-order valence-electron chi connectivity index (χ3n) is 4.81. The second-order valence-electron chi connectivity index (χ2n) is 6.91. The van der Waals surface area contributed by atoms with Gasteiger partial charge >= 0.3 is 11.9 Å². The van der Waals surface area contributed by atoms with Gasteiger partial charge in [-0.3, -0.25) is 0 Å². The van der Waals surface area contributed by atoms with E-state index in [-0.39, 0.29) is 17.8 Å². The molecule has 5 nitrogen and oxygen atoms in total. The van der Waals surface area contributed by atoms with Crippen LogP contribution in [0.5, 0.6) is 0 Å². The van der Waals surface area contributed by atoms with Gasteiger partial charge in [0.2, 0.25) is 0 Å². The van der Waals surface area contributed by atoms with Gasteiger partial charge in [-0.05, 0) is 43.2 Å². The third kappa shape index (κ3) is 4.81.